The van der Waals surface area contributed by atoms with Crippen molar-refractivity contribution in [2.24, 2.45) is 5.92 Å². The molecule has 2 N–H and O–H groups in total. The topological polar surface area (TPSA) is 49.8 Å². The van der Waals surface area contributed by atoms with Gasteiger partial charge in [-0.05, 0) is 26.7 Å². The van der Waals surface area contributed by atoms with E-state index in [1.165, 1.54) is 0 Å². The van der Waals surface area contributed by atoms with Crippen molar-refractivity contribution < 1.29 is 0 Å². The molecule has 0 spiro atoms. The summed E-state index contributed by atoms with van der Waals surface area (Å²) in [5.74, 6) is 0.376. The van der Waals surface area contributed by atoms with Crippen LogP contribution in [0.2, 0.25) is 0 Å². The van der Waals surface area contributed by atoms with E-state index in [9.17, 15) is 4.79 Å². The molecule has 1 heterocycles. The lowest BCUT2D eigenvalue weighted by Crippen LogP contribution is -2.24. The Morgan fingerprint density at radius 3 is 2.41 bits per heavy atom. The number of aryl methyl sites for hydroxylation is 1. The molecule has 0 radical (unpaired) electrons. The number of aromatic nitrogens is 2. The van der Waals surface area contributed by atoms with E-state index in [0.717, 1.165) is 17.0 Å². The van der Waals surface area contributed by atoms with Crippen LogP contribution in [0.4, 0.5) is 0 Å². The number of aromatic amines is 1. The van der Waals surface area contributed by atoms with Crippen molar-refractivity contribution in [2.75, 3.05) is 0 Å². The fraction of sp³-hybridized carbons (Fsp3) is 0.615. The van der Waals surface area contributed by atoms with Crippen LogP contribution in [0.1, 0.15) is 45.0 Å². The zero-order valence-corrected chi connectivity index (χ0v) is 11.4. The molecule has 1 aromatic heterocycles. The van der Waals surface area contributed by atoms with Crippen LogP contribution in [-0.4, -0.2) is 9.78 Å². The minimum Gasteiger partial charge on any atom is -0.384 e. The highest BCUT2D eigenvalue weighted by Gasteiger charge is 2.13. The Bertz CT molecular complexity index is 452. The van der Waals surface area contributed by atoms with Gasteiger partial charge in [0.05, 0.1) is 5.56 Å². The predicted octanol–water partition coefficient (Wildman–Crippen LogP) is 2.33. The van der Waals surface area contributed by atoms with Gasteiger partial charge < -0.3 is 5.32 Å². The van der Waals surface area contributed by atoms with Crippen molar-refractivity contribution in [3.63, 3.8) is 0 Å². The normalized spacial score (nSPS) is 11.2. The van der Waals surface area contributed by atoms with Crippen molar-refractivity contribution in [3.8, 4) is 0 Å². The minimum absolute atomic E-state index is 0.0570. The number of hydrogen-bond donors (Lipinski definition) is 2. The molecule has 17 heavy (non-hydrogen) atoms. The van der Waals surface area contributed by atoms with Crippen LogP contribution in [-0.2, 0) is 6.54 Å². The van der Waals surface area contributed by atoms with Gasteiger partial charge in [-0.1, -0.05) is 20.4 Å². The molecule has 4 heteroatoms. The van der Waals surface area contributed by atoms with E-state index in [1.807, 2.05) is 20.8 Å². The summed E-state index contributed by atoms with van der Waals surface area (Å²) in [5.41, 5.74) is 2.73. The highest BCUT2D eigenvalue weighted by molar-refractivity contribution is 5.17. The zero-order valence-electron chi connectivity index (χ0n) is 11.4. The van der Waals surface area contributed by atoms with E-state index in [2.05, 4.69) is 30.8 Å². The fourth-order valence-electron chi connectivity index (χ4n) is 1.58. The molecule has 96 valence electrons. The Labute approximate surface area is 103 Å². The number of H-pyrrole nitrogens is 1. The molecule has 0 atom stereocenters. The minimum atomic E-state index is 0.0570. The summed E-state index contributed by atoms with van der Waals surface area (Å²) >= 11 is 0. The summed E-state index contributed by atoms with van der Waals surface area (Å²) in [5, 5.41) is 6.30. The molecule has 0 saturated heterocycles. The molecular formula is C13H23N3O. The molecular weight excluding hydrogens is 214 g/mol. The van der Waals surface area contributed by atoms with Gasteiger partial charge in [-0.15, -0.1) is 0 Å². The molecule has 0 saturated carbocycles. The van der Waals surface area contributed by atoms with Crippen LogP contribution in [0.3, 0.4) is 0 Å². The lowest BCUT2D eigenvalue weighted by atomic mass is 10.1. The molecule has 0 fully saturated rings. The molecule has 0 amide bonds. The SMILES string of the molecule is C=C(NCc1c(C)[nH]n(C(C)C)c1=O)C(C)C. The lowest BCUT2D eigenvalue weighted by Gasteiger charge is -2.11. The molecule has 0 unspecified atom stereocenters. The number of allylic oxidation sites excluding steroid dienone is 1. The molecule has 1 rings (SSSR count). The second-order valence-electron chi connectivity index (χ2n) is 5.02. The lowest BCUT2D eigenvalue weighted by molar-refractivity contribution is 0.513. The second kappa shape index (κ2) is 5.25. The third-order valence-corrected chi connectivity index (χ3v) is 2.92. The van der Waals surface area contributed by atoms with Gasteiger partial charge in [0.2, 0.25) is 0 Å². The van der Waals surface area contributed by atoms with Crippen molar-refractivity contribution in [2.45, 2.75) is 47.2 Å². The van der Waals surface area contributed by atoms with E-state index < -0.39 is 0 Å². The predicted molar refractivity (Wildman–Crippen MR) is 71.0 cm³/mol. The van der Waals surface area contributed by atoms with Gasteiger partial charge in [-0.3, -0.25) is 14.6 Å². The summed E-state index contributed by atoms with van der Waals surface area (Å²) in [7, 11) is 0. The third-order valence-electron chi connectivity index (χ3n) is 2.92. The number of rotatable bonds is 5. The van der Waals surface area contributed by atoms with E-state index in [4.69, 9.17) is 0 Å². The maximum Gasteiger partial charge on any atom is 0.271 e. The van der Waals surface area contributed by atoms with Crippen LogP contribution in [0.15, 0.2) is 17.1 Å². The average Bonchev–Trinajstić information content (AvgIpc) is 2.51. The fourth-order valence-corrected chi connectivity index (χ4v) is 1.58. The smallest absolute Gasteiger partial charge is 0.271 e. The highest BCUT2D eigenvalue weighted by atomic mass is 16.1. The maximum atomic E-state index is 12.1. The first-order chi connectivity index (χ1) is 7.84. The molecule has 0 aromatic carbocycles. The second-order valence-corrected chi connectivity index (χ2v) is 5.02. The summed E-state index contributed by atoms with van der Waals surface area (Å²) in [6, 6.07) is 0.156. The Morgan fingerprint density at radius 2 is 2.00 bits per heavy atom. The Balaban J connectivity index is 2.86. The van der Waals surface area contributed by atoms with Crippen LogP contribution in [0.5, 0.6) is 0 Å². The van der Waals surface area contributed by atoms with Crippen molar-refractivity contribution in [3.05, 3.63) is 33.9 Å². The van der Waals surface area contributed by atoms with E-state index in [0.29, 0.717) is 12.5 Å². The summed E-state index contributed by atoms with van der Waals surface area (Å²) in [6.45, 7) is 14.5. The van der Waals surface area contributed by atoms with E-state index >= 15 is 0 Å². The monoisotopic (exact) mass is 237 g/mol. The average molecular weight is 237 g/mol. The molecule has 0 aliphatic carbocycles. The van der Waals surface area contributed by atoms with Gasteiger partial charge >= 0.3 is 0 Å². The van der Waals surface area contributed by atoms with Gasteiger partial charge in [0.25, 0.3) is 5.56 Å². The zero-order chi connectivity index (χ0) is 13.2. The number of nitrogens with one attached hydrogen (secondary N) is 2. The van der Waals surface area contributed by atoms with Crippen LogP contribution in [0, 0.1) is 12.8 Å². The van der Waals surface area contributed by atoms with Gasteiger partial charge in [-0.25, -0.2) is 0 Å². The van der Waals surface area contributed by atoms with Gasteiger partial charge in [-0.2, -0.15) is 0 Å². The Hall–Kier alpha value is -1.45. The molecule has 0 bridgehead atoms. The summed E-state index contributed by atoms with van der Waals surface area (Å²) in [6.07, 6.45) is 0. The van der Waals surface area contributed by atoms with Gasteiger partial charge in [0, 0.05) is 24.0 Å². The quantitative estimate of drug-likeness (QED) is 0.825. The largest absolute Gasteiger partial charge is 0.384 e. The van der Waals surface area contributed by atoms with Gasteiger partial charge in [0.1, 0.15) is 0 Å². The first kappa shape index (κ1) is 13.6. The van der Waals surface area contributed by atoms with E-state index in [1.54, 1.807) is 4.68 Å². The Kier molecular flexibility index (Phi) is 4.21. The molecule has 1 aromatic rings. The molecule has 0 aliphatic rings. The maximum absolute atomic E-state index is 12.1. The standard InChI is InChI=1S/C13H23N3O/c1-8(2)10(5)14-7-12-11(6)15-16(9(3)4)13(12)17/h8-9,14-15H,5,7H2,1-4,6H3. The van der Waals surface area contributed by atoms with Gasteiger partial charge in [0.15, 0.2) is 0 Å². The first-order valence-electron chi connectivity index (χ1n) is 6.07. The summed E-state index contributed by atoms with van der Waals surface area (Å²) < 4.78 is 1.66. The molecule has 0 aliphatic heterocycles. The van der Waals surface area contributed by atoms with Crippen molar-refractivity contribution in [1.29, 1.82) is 0 Å². The molecule has 4 nitrogen and oxygen atoms in total. The summed E-state index contributed by atoms with van der Waals surface area (Å²) in [4.78, 5) is 12.1. The highest BCUT2D eigenvalue weighted by Crippen LogP contribution is 2.07. The van der Waals surface area contributed by atoms with Crippen LogP contribution < -0.4 is 10.9 Å². The Morgan fingerprint density at radius 1 is 1.41 bits per heavy atom. The van der Waals surface area contributed by atoms with Crippen LogP contribution in [0.25, 0.3) is 0 Å². The van der Waals surface area contributed by atoms with E-state index in [-0.39, 0.29) is 11.6 Å². The van der Waals surface area contributed by atoms with Crippen molar-refractivity contribution >= 4 is 0 Å². The number of nitrogens with zero attached hydrogens (tertiary/aromatic N) is 1. The van der Waals surface area contributed by atoms with Crippen molar-refractivity contribution in [1.82, 2.24) is 15.1 Å². The third kappa shape index (κ3) is 3.02. The first-order valence-corrected chi connectivity index (χ1v) is 6.07. The van der Waals surface area contributed by atoms with Crippen LogP contribution >= 0.6 is 0 Å². The number of hydrogen-bond acceptors (Lipinski definition) is 2.